The molecule has 1 aliphatic heterocycles. The van der Waals surface area contributed by atoms with Crippen LogP contribution < -0.4 is 4.90 Å². The molecule has 1 aromatic heterocycles. The summed E-state index contributed by atoms with van der Waals surface area (Å²) in [5.74, 6) is -1.15. The van der Waals surface area contributed by atoms with E-state index in [1.54, 1.807) is 0 Å². The molecule has 2 aliphatic rings. The lowest BCUT2D eigenvalue weighted by Gasteiger charge is -2.25. The third kappa shape index (κ3) is 2.67. The predicted molar refractivity (Wildman–Crippen MR) is 119 cm³/mol. The van der Waals surface area contributed by atoms with E-state index in [1.165, 1.54) is 4.90 Å². The van der Waals surface area contributed by atoms with Crippen molar-refractivity contribution in [3.8, 4) is 11.3 Å². The summed E-state index contributed by atoms with van der Waals surface area (Å²) in [6.07, 6.45) is 1.40. The number of nitrogens with zero attached hydrogens (tertiary/aromatic N) is 2. The van der Waals surface area contributed by atoms with Crippen molar-refractivity contribution in [3.63, 3.8) is 0 Å². The summed E-state index contributed by atoms with van der Waals surface area (Å²) in [5, 5.41) is 0.607. The molecule has 0 radical (unpaired) electrons. The summed E-state index contributed by atoms with van der Waals surface area (Å²) in [4.78, 5) is 28.1. The van der Waals surface area contributed by atoms with Gasteiger partial charge in [0.1, 0.15) is 0 Å². The van der Waals surface area contributed by atoms with E-state index in [2.05, 4.69) is 18.4 Å². The Kier molecular flexibility index (Phi) is 4.55. The fourth-order valence-electron chi connectivity index (χ4n) is 5.09. The molecular weight excluding hydrogens is 396 g/mol. The van der Waals surface area contributed by atoms with E-state index < -0.39 is 5.92 Å². The number of carbonyl (C=O) groups excluding carboxylic acids is 2. The van der Waals surface area contributed by atoms with Gasteiger partial charge >= 0.3 is 0 Å². The van der Waals surface area contributed by atoms with E-state index in [1.807, 2.05) is 60.7 Å². The second-order valence-electron chi connectivity index (χ2n) is 8.32. The van der Waals surface area contributed by atoms with Gasteiger partial charge in [0.15, 0.2) is 0 Å². The fraction of sp³-hybridized carbons (Fsp3) is 0.280. The largest absolute Gasteiger partial charge is 0.341 e. The minimum absolute atomic E-state index is 0.114. The smallest absolute Gasteiger partial charge is 0.242 e. The molecule has 4 nitrogen and oxygen atoms in total. The van der Waals surface area contributed by atoms with Gasteiger partial charge in [-0.3, -0.25) is 9.59 Å². The number of para-hydroxylation sites is 1. The van der Waals surface area contributed by atoms with Crippen LogP contribution in [0.1, 0.15) is 43.5 Å². The summed E-state index contributed by atoms with van der Waals surface area (Å²) >= 11 is 7.00. The number of anilines is 1. The molecule has 0 N–H and O–H groups in total. The Bertz CT molecular complexity index is 1130. The first-order valence-electron chi connectivity index (χ1n) is 10.4. The maximum absolute atomic E-state index is 13.5. The lowest BCUT2D eigenvalue weighted by Crippen LogP contribution is -2.30. The standard InChI is InChI=1S/C25H23ClN2O2/c1-15(2)27-19-14-13-18-20(21(19)22(26)23(27)16-9-5-3-6-10-16)25(30)28(24(18)29)17-11-7-4-8-12-17/h3-12,15,18,20H,13-14H2,1-2H3/t18-,20-/m0/s1. The Hall–Kier alpha value is -2.85. The number of fused-ring (bicyclic) bond motifs is 3. The Morgan fingerprint density at radius 1 is 0.933 bits per heavy atom. The molecule has 152 valence electrons. The van der Waals surface area contributed by atoms with Crippen molar-refractivity contribution < 1.29 is 9.59 Å². The number of rotatable bonds is 3. The van der Waals surface area contributed by atoms with Crippen LogP contribution in [0.2, 0.25) is 5.02 Å². The normalized spacial score (nSPS) is 20.6. The third-order valence-electron chi connectivity index (χ3n) is 6.29. The van der Waals surface area contributed by atoms with Crippen LogP contribution in [-0.2, 0) is 16.0 Å². The quantitative estimate of drug-likeness (QED) is 0.519. The first-order valence-corrected chi connectivity index (χ1v) is 10.8. The summed E-state index contributed by atoms with van der Waals surface area (Å²) < 4.78 is 2.26. The number of aromatic nitrogens is 1. The average Bonchev–Trinajstić information content (AvgIpc) is 3.20. The highest BCUT2D eigenvalue weighted by Crippen LogP contribution is 2.51. The number of imide groups is 1. The predicted octanol–water partition coefficient (Wildman–Crippen LogP) is 5.61. The molecule has 2 aromatic carbocycles. The van der Waals surface area contributed by atoms with Crippen LogP contribution in [0.3, 0.4) is 0 Å². The van der Waals surface area contributed by atoms with Gasteiger partial charge in [-0.1, -0.05) is 60.1 Å². The molecule has 1 fully saturated rings. The zero-order valence-corrected chi connectivity index (χ0v) is 17.8. The van der Waals surface area contributed by atoms with Crippen LogP contribution in [-0.4, -0.2) is 16.4 Å². The third-order valence-corrected chi connectivity index (χ3v) is 6.68. The maximum atomic E-state index is 13.5. The van der Waals surface area contributed by atoms with E-state index >= 15 is 0 Å². The molecule has 0 spiro atoms. The van der Waals surface area contributed by atoms with E-state index in [9.17, 15) is 9.59 Å². The average molecular weight is 419 g/mol. The zero-order valence-electron chi connectivity index (χ0n) is 17.0. The van der Waals surface area contributed by atoms with Crippen molar-refractivity contribution in [2.24, 2.45) is 5.92 Å². The van der Waals surface area contributed by atoms with Crippen LogP contribution in [0.25, 0.3) is 11.3 Å². The number of carbonyl (C=O) groups is 2. The number of hydrogen-bond acceptors (Lipinski definition) is 2. The molecule has 5 rings (SSSR count). The topological polar surface area (TPSA) is 42.3 Å². The van der Waals surface area contributed by atoms with E-state index in [0.717, 1.165) is 28.9 Å². The summed E-state index contributed by atoms with van der Waals surface area (Å²) in [6, 6.07) is 19.4. The van der Waals surface area contributed by atoms with Crippen molar-refractivity contribution in [1.29, 1.82) is 0 Å². The SMILES string of the molecule is CC(C)n1c2c(c(Cl)c1-c1ccccc1)[C@H]1C(=O)N(c3ccccc3)C(=O)[C@H]1CC2. The Morgan fingerprint density at radius 3 is 2.20 bits per heavy atom. The van der Waals surface area contributed by atoms with Crippen LogP contribution in [0.5, 0.6) is 0 Å². The fourth-order valence-corrected chi connectivity index (χ4v) is 5.52. The Labute approximate surface area is 181 Å². The minimum atomic E-state index is -0.517. The highest BCUT2D eigenvalue weighted by Gasteiger charge is 2.53. The van der Waals surface area contributed by atoms with Crippen molar-refractivity contribution in [2.75, 3.05) is 4.90 Å². The van der Waals surface area contributed by atoms with Crippen molar-refractivity contribution in [3.05, 3.63) is 76.9 Å². The van der Waals surface area contributed by atoms with Crippen LogP contribution in [0.15, 0.2) is 60.7 Å². The first-order chi connectivity index (χ1) is 14.5. The molecule has 30 heavy (non-hydrogen) atoms. The molecule has 1 aliphatic carbocycles. The Balaban J connectivity index is 1.69. The molecular formula is C25H23ClN2O2. The van der Waals surface area contributed by atoms with Gasteiger partial charge in [-0.25, -0.2) is 4.90 Å². The van der Waals surface area contributed by atoms with Crippen LogP contribution in [0.4, 0.5) is 5.69 Å². The van der Waals surface area contributed by atoms with Gasteiger partial charge < -0.3 is 4.57 Å². The van der Waals surface area contributed by atoms with Gasteiger partial charge in [0.25, 0.3) is 0 Å². The zero-order chi connectivity index (χ0) is 21.0. The number of hydrogen-bond donors (Lipinski definition) is 0. The monoisotopic (exact) mass is 418 g/mol. The Morgan fingerprint density at radius 2 is 1.57 bits per heavy atom. The van der Waals surface area contributed by atoms with E-state index in [4.69, 9.17) is 11.6 Å². The summed E-state index contributed by atoms with van der Waals surface area (Å²) in [6.45, 7) is 4.26. The summed E-state index contributed by atoms with van der Waals surface area (Å²) in [5.41, 5.74) is 4.53. The second kappa shape index (κ2) is 7.13. The van der Waals surface area contributed by atoms with Crippen LogP contribution >= 0.6 is 11.6 Å². The number of benzene rings is 2. The van der Waals surface area contributed by atoms with Crippen LogP contribution in [0, 0.1) is 5.92 Å². The molecule has 3 aromatic rings. The lowest BCUT2D eigenvalue weighted by molar-refractivity contribution is -0.122. The second-order valence-corrected chi connectivity index (χ2v) is 8.70. The molecule has 1 saturated heterocycles. The van der Waals surface area contributed by atoms with Crippen molar-refractivity contribution >= 4 is 29.1 Å². The first kappa shape index (κ1) is 19.1. The van der Waals surface area contributed by atoms with Crippen molar-refractivity contribution in [2.45, 2.75) is 38.6 Å². The number of amides is 2. The minimum Gasteiger partial charge on any atom is -0.341 e. The van der Waals surface area contributed by atoms with Gasteiger partial charge in [-0.05, 0) is 44.4 Å². The molecule has 2 atom stereocenters. The van der Waals surface area contributed by atoms with Gasteiger partial charge in [-0.2, -0.15) is 0 Å². The molecule has 0 saturated carbocycles. The molecule has 0 bridgehead atoms. The van der Waals surface area contributed by atoms with E-state index in [0.29, 0.717) is 17.1 Å². The maximum Gasteiger partial charge on any atom is 0.242 e. The highest BCUT2D eigenvalue weighted by molar-refractivity contribution is 6.35. The summed E-state index contributed by atoms with van der Waals surface area (Å²) in [7, 11) is 0. The van der Waals surface area contributed by atoms with Gasteiger partial charge in [0.05, 0.1) is 28.2 Å². The molecule has 0 unspecified atom stereocenters. The van der Waals surface area contributed by atoms with Gasteiger partial charge in [0, 0.05) is 17.3 Å². The van der Waals surface area contributed by atoms with Crippen molar-refractivity contribution in [1.82, 2.24) is 4.57 Å². The lowest BCUT2D eigenvalue weighted by atomic mass is 9.79. The van der Waals surface area contributed by atoms with Gasteiger partial charge in [0.2, 0.25) is 11.8 Å². The molecule has 2 amide bonds. The van der Waals surface area contributed by atoms with Gasteiger partial charge in [-0.15, -0.1) is 0 Å². The number of halogens is 1. The molecule has 5 heteroatoms. The highest BCUT2D eigenvalue weighted by atomic mass is 35.5. The van der Waals surface area contributed by atoms with E-state index in [-0.39, 0.29) is 23.8 Å². The molecule has 2 heterocycles.